The average molecular weight is 390 g/mol. The van der Waals surface area contributed by atoms with Crippen molar-refractivity contribution in [2.45, 2.75) is 20.3 Å². The molecule has 1 aliphatic heterocycles. The Labute approximate surface area is 161 Å². The Balaban J connectivity index is 1.84. The van der Waals surface area contributed by atoms with Crippen molar-refractivity contribution in [3.63, 3.8) is 0 Å². The molecule has 2 atom stereocenters. The minimum Gasteiger partial charge on any atom is -0.338 e. The smallest absolute Gasteiger partial charge is 0.255 e. The Morgan fingerprint density at radius 2 is 1.57 bits per heavy atom. The van der Waals surface area contributed by atoms with Gasteiger partial charge in [0.2, 0.25) is 0 Å². The molecule has 3 rings (SSSR count). The fourth-order valence-electron chi connectivity index (χ4n) is 3.66. The summed E-state index contributed by atoms with van der Waals surface area (Å²) in [6, 6.07) is 7.68. The summed E-state index contributed by atoms with van der Waals surface area (Å²) in [7, 11) is 0. The highest BCUT2D eigenvalue weighted by Crippen LogP contribution is 2.25. The second-order valence-electron chi connectivity index (χ2n) is 7.41. The third-order valence-corrected chi connectivity index (χ3v) is 4.81. The van der Waals surface area contributed by atoms with Crippen LogP contribution in [0.5, 0.6) is 0 Å². The predicted molar refractivity (Wildman–Crippen MR) is 99.6 cm³/mol. The van der Waals surface area contributed by atoms with Crippen molar-refractivity contribution in [2.24, 2.45) is 11.8 Å². The number of halogens is 3. The van der Waals surface area contributed by atoms with Crippen LogP contribution in [-0.2, 0) is 0 Å². The lowest BCUT2D eigenvalue weighted by atomic mass is 9.91. The Hall–Kier alpha value is -2.83. The molecule has 0 radical (unpaired) electrons. The largest absolute Gasteiger partial charge is 0.338 e. The monoisotopic (exact) mass is 390 g/mol. The van der Waals surface area contributed by atoms with Crippen LogP contribution in [-0.4, -0.2) is 29.8 Å². The SMILES string of the molecule is CC1CC(C)CN(C(=O)c2ccccc2NC(=O)c2cc(F)c(F)c(F)c2)C1. The molecular weight excluding hydrogens is 369 g/mol. The summed E-state index contributed by atoms with van der Waals surface area (Å²) in [6.45, 7) is 5.42. The molecule has 1 heterocycles. The standard InChI is InChI=1S/C21H21F3N2O2/c1-12-7-13(2)11-26(10-12)21(28)15-5-3-4-6-18(15)25-20(27)14-8-16(22)19(24)17(23)9-14/h3-6,8-9,12-13H,7,10-11H2,1-2H3,(H,25,27). The number of hydrogen-bond donors (Lipinski definition) is 1. The number of benzene rings is 2. The van der Waals surface area contributed by atoms with Gasteiger partial charge in [0.15, 0.2) is 17.5 Å². The van der Waals surface area contributed by atoms with Gasteiger partial charge in [0.1, 0.15) is 0 Å². The number of nitrogens with one attached hydrogen (secondary N) is 1. The van der Waals surface area contributed by atoms with E-state index < -0.39 is 23.4 Å². The Morgan fingerprint density at radius 1 is 1.00 bits per heavy atom. The molecule has 7 heteroatoms. The van der Waals surface area contributed by atoms with E-state index in [1.807, 2.05) is 0 Å². The fourth-order valence-corrected chi connectivity index (χ4v) is 3.66. The summed E-state index contributed by atoms with van der Waals surface area (Å²) in [5.74, 6) is -4.85. The zero-order chi connectivity index (χ0) is 20.4. The van der Waals surface area contributed by atoms with E-state index >= 15 is 0 Å². The molecule has 1 N–H and O–H groups in total. The summed E-state index contributed by atoms with van der Waals surface area (Å²) in [5, 5.41) is 2.50. The molecule has 1 aliphatic rings. The number of carbonyl (C=O) groups excluding carboxylic acids is 2. The van der Waals surface area contributed by atoms with Gasteiger partial charge in [0.05, 0.1) is 11.3 Å². The first kappa shape index (κ1) is 19.9. The highest BCUT2D eigenvalue weighted by atomic mass is 19.2. The van der Waals surface area contributed by atoms with E-state index in [1.165, 1.54) is 6.07 Å². The molecule has 28 heavy (non-hydrogen) atoms. The summed E-state index contributed by atoms with van der Waals surface area (Å²) in [5.41, 5.74) is 0.146. The van der Waals surface area contributed by atoms with Crippen LogP contribution in [0.3, 0.4) is 0 Å². The van der Waals surface area contributed by atoms with Crippen molar-refractivity contribution in [1.82, 2.24) is 4.90 Å². The number of nitrogens with zero attached hydrogens (tertiary/aromatic N) is 1. The van der Waals surface area contributed by atoms with Gasteiger partial charge in [-0.1, -0.05) is 26.0 Å². The van der Waals surface area contributed by atoms with Gasteiger partial charge in [0, 0.05) is 18.7 Å². The van der Waals surface area contributed by atoms with Crippen LogP contribution in [0.1, 0.15) is 41.0 Å². The number of anilines is 1. The fraction of sp³-hybridized carbons (Fsp3) is 0.333. The highest BCUT2D eigenvalue weighted by molar-refractivity contribution is 6.09. The maximum Gasteiger partial charge on any atom is 0.255 e. The minimum atomic E-state index is -1.64. The van der Waals surface area contributed by atoms with E-state index in [4.69, 9.17) is 0 Å². The molecule has 2 unspecified atom stereocenters. The van der Waals surface area contributed by atoms with Crippen molar-refractivity contribution in [2.75, 3.05) is 18.4 Å². The van der Waals surface area contributed by atoms with Crippen LogP contribution in [0.25, 0.3) is 0 Å². The summed E-state index contributed by atoms with van der Waals surface area (Å²) in [6.07, 6.45) is 1.05. The van der Waals surface area contributed by atoms with E-state index in [0.29, 0.717) is 42.6 Å². The number of carbonyl (C=O) groups is 2. The molecule has 2 amide bonds. The first-order chi connectivity index (χ1) is 13.3. The maximum absolute atomic E-state index is 13.4. The molecule has 0 aliphatic carbocycles. The molecule has 0 bridgehead atoms. The predicted octanol–water partition coefficient (Wildman–Crippen LogP) is 4.47. The molecule has 2 aromatic carbocycles. The van der Waals surface area contributed by atoms with Gasteiger partial charge in [-0.15, -0.1) is 0 Å². The van der Waals surface area contributed by atoms with Crippen molar-refractivity contribution >= 4 is 17.5 Å². The van der Waals surface area contributed by atoms with Gasteiger partial charge in [-0.05, 0) is 42.5 Å². The summed E-state index contributed by atoms with van der Waals surface area (Å²) < 4.78 is 39.9. The molecule has 0 saturated carbocycles. The van der Waals surface area contributed by atoms with Crippen LogP contribution in [0, 0.1) is 29.3 Å². The molecule has 1 saturated heterocycles. The van der Waals surface area contributed by atoms with Crippen molar-refractivity contribution in [3.8, 4) is 0 Å². The van der Waals surface area contributed by atoms with Gasteiger partial charge in [-0.3, -0.25) is 9.59 Å². The van der Waals surface area contributed by atoms with E-state index in [2.05, 4.69) is 19.2 Å². The molecule has 0 aromatic heterocycles. The van der Waals surface area contributed by atoms with E-state index in [-0.39, 0.29) is 17.2 Å². The minimum absolute atomic E-state index is 0.217. The van der Waals surface area contributed by atoms with Gasteiger partial charge in [0.25, 0.3) is 11.8 Å². The van der Waals surface area contributed by atoms with Gasteiger partial charge < -0.3 is 10.2 Å². The third-order valence-electron chi connectivity index (χ3n) is 4.81. The maximum atomic E-state index is 13.4. The molecular formula is C21H21F3N2O2. The summed E-state index contributed by atoms with van der Waals surface area (Å²) in [4.78, 5) is 27.1. The molecule has 4 nitrogen and oxygen atoms in total. The van der Waals surface area contributed by atoms with Crippen LogP contribution < -0.4 is 5.32 Å². The van der Waals surface area contributed by atoms with Gasteiger partial charge >= 0.3 is 0 Å². The zero-order valence-electron chi connectivity index (χ0n) is 15.6. The second kappa shape index (κ2) is 8.04. The third kappa shape index (κ3) is 4.18. The Bertz CT molecular complexity index is 883. The lowest BCUT2D eigenvalue weighted by Gasteiger charge is -2.35. The average Bonchev–Trinajstić information content (AvgIpc) is 2.64. The molecule has 0 spiro atoms. The Morgan fingerprint density at radius 3 is 2.18 bits per heavy atom. The molecule has 148 valence electrons. The second-order valence-corrected chi connectivity index (χ2v) is 7.41. The topological polar surface area (TPSA) is 49.4 Å². The van der Waals surface area contributed by atoms with E-state index in [9.17, 15) is 22.8 Å². The first-order valence-electron chi connectivity index (χ1n) is 9.10. The van der Waals surface area contributed by atoms with E-state index in [0.717, 1.165) is 6.42 Å². The van der Waals surface area contributed by atoms with Gasteiger partial charge in [-0.2, -0.15) is 0 Å². The van der Waals surface area contributed by atoms with E-state index in [1.54, 1.807) is 23.1 Å². The number of amides is 2. The van der Waals surface area contributed by atoms with Crippen molar-refractivity contribution < 1.29 is 22.8 Å². The summed E-state index contributed by atoms with van der Waals surface area (Å²) >= 11 is 0. The lowest BCUT2D eigenvalue weighted by molar-refractivity contribution is 0.0624. The normalized spacial score (nSPS) is 19.4. The lowest BCUT2D eigenvalue weighted by Crippen LogP contribution is -2.42. The highest BCUT2D eigenvalue weighted by Gasteiger charge is 2.27. The zero-order valence-corrected chi connectivity index (χ0v) is 15.6. The number of likely N-dealkylation sites (tertiary alicyclic amines) is 1. The molecule has 2 aromatic rings. The van der Waals surface area contributed by atoms with Crippen LogP contribution >= 0.6 is 0 Å². The van der Waals surface area contributed by atoms with Crippen LogP contribution in [0.15, 0.2) is 36.4 Å². The van der Waals surface area contributed by atoms with Crippen molar-refractivity contribution in [3.05, 3.63) is 65.0 Å². The number of para-hydroxylation sites is 1. The number of hydrogen-bond acceptors (Lipinski definition) is 2. The quantitative estimate of drug-likeness (QED) is 0.786. The number of rotatable bonds is 3. The number of piperidine rings is 1. The molecule has 1 fully saturated rings. The first-order valence-corrected chi connectivity index (χ1v) is 9.10. The van der Waals surface area contributed by atoms with Crippen LogP contribution in [0.2, 0.25) is 0 Å². The van der Waals surface area contributed by atoms with Crippen molar-refractivity contribution in [1.29, 1.82) is 0 Å². The van der Waals surface area contributed by atoms with Crippen LogP contribution in [0.4, 0.5) is 18.9 Å². The van der Waals surface area contributed by atoms with Gasteiger partial charge in [-0.25, -0.2) is 13.2 Å². The Kier molecular flexibility index (Phi) is 5.72.